The quantitative estimate of drug-likeness (QED) is 0.909. The Hall–Kier alpha value is -1.86. The number of H-pyrrole nitrogens is 1. The standard InChI is InChI=1S/C16H19F3N4/c1-20-14-6-7-23(10-14)9-12-8-21-22-15(12)11-2-4-13(5-3-11)16(17,18)19/h2-5,8,14,20H,6-7,9-10H2,1H3,(H,21,22). The fourth-order valence-corrected chi connectivity index (χ4v) is 2.96. The van der Waals surface area contributed by atoms with Crippen molar-refractivity contribution in [3.63, 3.8) is 0 Å². The highest BCUT2D eigenvalue weighted by atomic mass is 19.4. The van der Waals surface area contributed by atoms with Gasteiger partial charge in [-0.3, -0.25) is 10.00 Å². The van der Waals surface area contributed by atoms with Gasteiger partial charge in [-0.1, -0.05) is 12.1 Å². The first-order valence-electron chi connectivity index (χ1n) is 7.57. The van der Waals surface area contributed by atoms with Crippen LogP contribution in [0.1, 0.15) is 17.5 Å². The van der Waals surface area contributed by atoms with Gasteiger partial charge in [0.25, 0.3) is 0 Å². The Balaban J connectivity index is 1.76. The normalized spacial score (nSPS) is 19.4. The van der Waals surface area contributed by atoms with Crippen molar-refractivity contribution in [2.45, 2.75) is 25.2 Å². The highest BCUT2D eigenvalue weighted by Gasteiger charge is 2.30. The highest BCUT2D eigenvalue weighted by molar-refractivity contribution is 5.63. The Labute approximate surface area is 132 Å². The van der Waals surface area contributed by atoms with E-state index in [1.807, 2.05) is 7.05 Å². The molecule has 1 aliphatic heterocycles. The largest absolute Gasteiger partial charge is 0.416 e. The number of hydrogen-bond donors (Lipinski definition) is 2. The molecule has 1 aromatic carbocycles. The van der Waals surface area contributed by atoms with E-state index in [-0.39, 0.29) is 0 Å². The van der Waals surface area contributed by atoms with Gasteiger partial charge < -0.3 is 5.32 Å². The van der Waals surface area contributed by atoms with Crippen molar-refractivity contribution in [1.29, 1.82) is 0 Å². The Morgan fingerprint density at radius 3 is 2.65 bits per heavy atom. The van der Waals surface area contributed by atoms with E-state index in [9.17, 15) is 13.2 Å². The molecular weight excluding hydrogens is 305 g/mol. The molecule has 2 aromatic rings. The summed E-state index contributed by atoms with van der Waals surface area (Å²) in [6.07, 6.45) is -1.46. The number of aromatic amines is 1. The second-order valence-electron chi connectivity index (χ2n) is 5.85. The minimum Gasteiger partial charge on any atom is -0.316 e. The van der Waals surface area contributed by atoms with Gasteiger partial charge in [0.05, 0.1) is 17.5 Å². The third-order valence-corrected chi connectivity index (χ3v) is 4.29. The second-order valence-corrected chi connectivity index (χ2v) is 5.85. The smallest absolute Gasteiger partial charge is 0.316 e. The Morgan fingerprint density at radius 2 is 2.04 bits per heavy atom. The molecule has 0 radical (unpaired) electrons. The van der Waals surface area contributed by atoms with Gasteiger partial charge in [-0.05, 0) is 31.2 Å². The summed E-state index contributed by atoms with van der Waals surface area (Å²) < 4.78 is 37.9. The molecule has 1 atom stereocenters. The van der Waals surface area contributed by atoms with Crippen LogP contribution in [0.25, 0.3) is 11.3 Å². The molecule has 1 fully saturated rings. The van der Waals surface area contributed by atoms with Crippen LogP contribution in [0.2, 0.25) is 0 Å². The van der Waals surface area contributed by atoms with E-state index >= 15 is 0 Å². The molecule has 1 aliphatic rings. The van der Waals surface area contributed by atoms with E-state index in [0.29, 0.717) is 6.04 Å². The second kappa shape index (κ2) is 6.33. The van der Waals surface area contributed by atoms with E-state index in [4.69, 9.17) is 0 Å². The van der Waals surface area contributed by atoms with Crippen LogP contribution in [0.3, 0.4) is 0 Å². The first-order valence-corrected chi connectivity index (χ1v) is 7.57. The van der Waals surface area contributed by atoms with Gasteiger partial charge in [0.15, 0.2) is 0 Å². The average molecular weight is 324 g/mol. The fourth-order valence-electron chi connectivity index (χ4n) is 2.96. The molecule has 0 aliphatic carbocycles. The predicted molar refractivity (Wildman–Crippen MR) is 81.8 cm³/mol. The van der Waals surface area contributed by atoms with E-state index in [1.165, 1.54) is 12.1 Å². The van der Waals surface area contributed by atoms with Gasteiger partial charge in [-0.2, -0.15) is 18.3 Å². The maximum Gasteiger partial charge on any atom is 0.416 e. The lowest BCUT2D eigenvalue weighted by Gasteiger charge is -2.16. The minimum atomic E-state index is -4.31. The number of alkyl halides is 3. The van der Waals surface area contributed by atoms with Crippen molar-refractivity contribution < 1.29 is 13.2 Å². The number of nitrogens with zero attached hydrogens (tertiary/aromatic N) is 2. The number of halogens is 3. The maximum absolute atomic E-state index is 12.6. The molecule has 0 amide bonds. The third kappa shape index (κ3) is 3.56. The summed E-state index contributed by atoms with van der Waals surface area (Å²) in [5.41, 5.74) is 1.86. The molecule has 0 bridgehead atoms. The molecular formula is C16H19F3N4. The summed E-state index contributed by atoms with van der Waals surface area (Å²) in [7, 11) is 1.96. The van der Waals surface area contributed by atoms with Crippen molar-refractivity contribution in [2.24, 2.45) is 0 Å². The SMILES string of the molecule is CNC1CCN(Cc2cn[nH]c2-c2ccc(C(F)(F)F)cc2)C1. The zero-order valence-electron chi connectivity index (χ0n) is 12.8. The lowest BCUT2D eigenvalue weighted by Crippen LogP contribution is -2.29. The van der Waals surface area contributed by atoms with Gasteiger partial charge in [0, 0.05) is 31.2 Å². The summed E-state index contributed by atoms with van der Waals surface area (Å²) in [6, 6.07) is 5.68. The highest BCUT2D eigenvalue weighted by Crippen LogP contribution is 2.31. The van der Waals surface area contributed by atoms with E-state index in [1.54, 1.807) is 6.20 Å². The van der Waals surface area contributed by atoms with Crippen LogP contribution < -0.4 is 5.32 Å². The van der Waals surface area contributed by atoms with Gasteiger partial charge in [-0.15, -0.1) is 0 Å². The number of nitrogens with one attached hydrogen (secondary N) is 2. The van der Waals surface area contributed by atoms with E-state index in [0.717, 1.165) is 55.0 Å². The van der Waals surface area contributed by atoms with Crippen LogP contribution in [0.15, 0.2) is 30.5 Å². The lowest BCUT2D eigenvalue weighted by atomic mass is 10.1. The zero-order chi connectivity index (χ0) is 16.4. The monoisotopic (exact) mass is 324 g/mol. The first-order chi connectivity index (χ1) is 11.0. The van der Waals surface area contributed by atoms with E-state index < -0.39 is 11.7 Å². The summed E-state index contributed by atoms with van der Waals surface area (Å²) >= 11 is 0. The van der Waals surface area contributed by atoms with Crippen molar-refractivity contribution in [1.82, 2.24) is 20.4 Å². The Bertz CT molecular complexity index is 648. The van der Waals surface area contributed by atoms with Gasteiger partial charge in [-0.25, -0.2) is 0 Å². The van der Waals surface area contributed by atoms with Gasteiger partial charge in [0.1, 0.15) is 0 Å². The van der Waals surface area contributed by atoms with Crippen LogP contribution >= 0.6 is 0 Å². The Morgan fingerprint density at radius 1 is 1.30 bits per heavy atom. The number of likely N-dealkylation sites (tertiary alicyclic amines) is 1. The van der Waals surface area contributed by atoms with Crippen molar-refractivity contribution in [3.05, 3.63) is 41.6 Å². The molecule has 23 heavy (non-hydrogen) atoms. The van der Waals surface area contributed by atoms with Gasteiger partial charge in [0.2, 0.25) is 0 Å². The summed E-state index contributed by atoms with van der Waals surface area (Å²) in [5.74, 6) is 0. The molecule has 1 saturated heterocycles. The molecule has 1 aromatic heterocycles. The molecule has 1 unspecified atom stereocenters. The van der Waals surface area contributed by atoms with E-state index in [2.05, 4.69) is 20.4 Å². The average Bonchev–Trinajstić information content (AvgIpc) is 3.16. The van der Waals surface area contributed by atoms with Crippen LogP contribution in [0, 0.1) is 0 Å². The fraction of sp³-hybridized carbons (Fsp3) is 0.438. The summed E-state index contributed by atoms with van der Waals surface area (Å²) in [6.45, 7) is 2.71. The summed E-state index contributed by atoms with van der Waals surface area (Å²) in [4.78, 5) is 2.32. The van der Waals surface area contributed by atoms with Crippen LogP contribution in [0.5, 0.6) is 0 Å². The number of rotatable bonds is 4. The molecule has 2 heterocycles. The molecule has 0 spiro atoms. The lowest BCUT2D eigenvalue weighted by molar-refractivity contribution is -0.137. The minimum absolute atomic E-state index is 0.497. The molecule has 4 nitrogen and oxygen atoms in total. The van der Waals surface area contributed by atoms with Crippen molar-refractivity contribution in [2.75, 3.05) is 20.1 Å². The van der Waals surface area contributed by atoms with Gasteiger partial charge >= 0.3 is 6.18 Å². The number of aromatic nitrogens is 2. The molecule has 2 N–H and O–H groups in total. The molecule has 0 saturated carbocycles. The third-order valence-electron chi connectivity index (χ3n) is 4.29. The number of benzene rings is 1. The zero-order valence-corrected chi connectivity index (χ0v) is 12.8. The Kier molecular flexibility index (Phi) is 4.41. The van der Waals surface area contributed by atoms with Crippen LogP contribution in [-0.4, -0.2) is 41.3 Å². The number of likely N-dealkylation sites (N-methyl/N-ethyl adjacent to an activating group) is 1. The molecule has 124 valence electrons. The van der Waals surface area contributed by atoms with Crippen molar-refractivity contribution in [3.8, 4) is 11.3 Å². The van der Waals surface area contributed by atoms with Crippen LogP contribution in [-0.2, 0) is 12.7 Å². The molecule has 7 heteroatoms. The predicted octanol–water partition coefficient (Wildman–Crippen LogP) is 2.89. The first kappa shape index (κ1) is 16.0. The number of hydrogen-bond acceptors (Lipinski definition) is 3. The topological polar surface area (TPSA) is 44.0 Å². The maximum atomic E-state index is 12.6. The van der Waals surface area contributed by atoms with Crippen LogP contribution in [0.4, 0.5) is 13.2 Å². The summed E-state index contributed by atoms with van der Waals surface area (Å²) in [5, 5.41) is 10.2. The molecule has 3 rings (SSSR count). The van der Waals surface area contributed by atoms with Crippen molar-refractivity contribution >= 4 is 0 Å².